The fourth-order valence-electron chi connectivity index (χ4n) is 12.5. The Labute approximate surface area is 650 Å². The molecule has 0 saturated carbocycles. The van der Waals surface area contributed by atoms with Crippen molar-refractivity contribution in [3.05, 3.63) is 161 Å². The van der Waals surface area contributed by atoms with Crippen LogP contribution in [0.1, 0.15) is 93.5 Å². The Bertz CT molecular complexity index is 4300. The number of nitrogens with two attached hydrogens (primary N) is 3. The summed E-state index contributed by atoms with van der Waals surface area (Å²) in [6.45, 7) is 2.31. The SMILES string of the molecule is CC[C@H](C)[C@H](NC(=O)[C@H](Cc1ccccc1)NC(=O)[C@H](Cc1c[nH]c2ccccc12)NC(=O)[C@@H]1CCCN1C(=O)[C@@H](N)Cc1ccc(O)cc1)C(=O)N[C@@H](CO)C(=O)N[C@@H](Cc1ccc(O)cc1)C(=O)NCC(=O)NCC(=O)N[C@@H](C)C(=O)N[C@@H](CC(=O)O)C(=O)N[C@@H](Cc1ccc(O)cc1)C(=O)N[C@@H](CCCCN)C(N)=O. The van der Waals surface area contributed by atoms with Crippen LogP contribution in [0.3, 0.4) is 0 Å². The number of aliphatic carboxylic acids is 1. The van der Waals surface area contributed by atoms with Crippen LogP contribution >= 0.6 is 0 Å². The number of aromatic amines is 1. The predicted molar refractivity (Wildman–Crippen MR) is 410 cm³/mol. The predicted octanol–water partition coefficient (Wildman–Crippen LogP) is -2.14. The third kappa shape index (κ3) is 27.2. The quantitative estimate of drug-likeness (QED) is 0.0182. The number of phenolic OH excluding ortho intramolecular Hbond substituents is 3. The van der Waals surface area contributed by atoms with E-state index in [0.29, 0.717) is 53.6 Å². The number of amides is 13. The molecule has 5 aromatic carbocycles. The second-order valence-electron chi connectivity index (χ2n) is 27.7. The molecule has 35 nitrogen and oxygen atoms in total. The van der Waals surface area contributed by atoms with Gasteiger partial charge in [-0.3, -0.25) is 67.1 Å². The number of carboxylic acids is 1. The van der Waals surface area contributed by atoms with Crippen molar-refractivity contribution >= 4 is 93.7 Å². The summed E-state index contributed by atoms with van der Waals surface area (Å²) in [6.07, 6.45) is 1.96. The van der Waals surface area contributed by atoms with Crippen molar-refractivity contribution in [2.45, 2.75) is 164 Å². The van der Waals surface area contributed by atoms with Crippen molar-refractivity contribution in [2.24, 2.45) is 23.1 Å². The molecule has 1 aliphatic rings. The average Bonchev–Trinajstić information content (AvgIpc) is 1.72. The van der Waals surface area contributed by atoms with Gasteiger partial charge in [0.15, 0.2) is 0 Å². The van der Waals surface area contributed by atoms with E-state index < -0.39 is 181 Å². The second kappa shape index (κ2) is 43.2. The summed E-state index contributed by atoms with van der Waals surface area (Å²) < 4.78 is 0. The molecule has 35 heteroatoms. The van der Waals surface area contributed by atoms with E-state index in [9.17, 15) is 92.7 Å². The lowest BCUT2D eigenvalue weighted by atomic mass is 9.96. The van der Waals surface area contributed by atoms with Crippen LogP contribution in [0.15, 0.2) is 134 Å². The van der Waals surface area contributed by atoms with Crippen molar-refractivity contribution in [1.82, 2.24) is 68.4 Å². The van der Waals surface area contributed by atoms with Gasteiger partial charge in [0, 0.05) is 49.3 Å². The molecular weight excluding hydrogens is 1460 g/mol. The highest BCUT2D eigenvalue weighted by Gasteiger charge is 2.40. The number of unbranched alkanes of at least 4 members (excludes halogenated alkanes) is 1. The van der Waals surface area contributed by atoms with Crippen LogP contribution in [0.2, 0.25) is 0 Å². The van der Waals surface area contributed by atoms with E-state index in [1.165, 1.54) is 72.5 Å². The lowest BCUT2D eigenvalue weighted by Crippen LogP contribution is -2.62. The van der Waals surface area contributed by atoms with Gasteiger partial charge in [-0.25, -0.2) is 0 Å². The molecule has 2 heterocycles. The van der Waals surface area contributed by atoms with Gasteiger partial charge in [-0.2, -0.15) is 0 Å². The van der Waals surface area contributed by atoms with Gasteiger partial charge in [0.2, 0.25) is 76.8 Å². The van der Waals surface area contributed by atoms with E-state index in [-0.39, 0.29) is 75.2 Å². The molecule has 1 aliphatic heterocycles. The number of carbonyl (C=O) groups excluding carboxylic acids is 13. The number of nitrogens with zero attached hydrogens (tertiary/aromatic N) is 1. The number of aliphatic hydroxyl groups excluding tert-OH is 1. The average molecular weight is 1570 g/mol. The summed E-state index contributed by atoms with van der Waals surface area (Å²) in [5.41, 5.74) is 20.9. The third-order valence-corrected chi connectivity index (χ3v) is 19.1. The molecule has 6 aromatic rings. The summed E-state index contributed by atoms with van der Waals surface area (Å²) in [5, 5.41) is 78.2. The van der Waals surface area contributed by atoms with E-state index in [0.717, 1.165) is 10.9 Å². The Morgan fingerprint density at radius 3 is 1.54 bits per heavy atom. The smallest absolute Gasteiger partial charge is 0.305 e. The Hall–Kier alpha value is -12.5. The third-order valence-electron chi connectivity index (χ3n) is 19.1. The van der Waals surface area contributed by atoms with Crippen LogP contribution in [0.4, 0.5) is 0 Å². The molecule has 1 fully saturated rings. The van der Waals surface area contributed by atoms with E-state index in [4.69, 9.17) is 17.2 Å². The molecule has 0 spiro atoms. The molecule has 0 aliphatic carbocycles. The number of para-hydroxylation sites is 1. The number of likely N-dealkylation sites (tertiary alicyclic amines) is 1. The summed E-state index contributed by atoms with van der Waals surface area (Å²) in [5.74, 6) is -14.4. The number of carbonyl (C=O) groups is 14. The second-order valence-corrected chi connectivity index (χ2v) is 27.7. The lowest BCUT2D eigenvalue weighted by molar-refractivity contribution is -0.141. The van der Waals surface area contributed by atoms with Crippen LogP contribution in [0.5, 0.6) is 17.2 Å². The molecule has 1 saturated heterocycles. The number of phenols is 3. The van der Waals surface area contributed by atoms with Crippen molar-refractivity contribution in [3.63, 3.8) is 0 Å². The van der Waals surface area contributed by atoms with Gasteiger partial charge in [-0.1, -0.05) is 105 Å². The molecule has 12 atom stereocenters. The number of carboxylic acid groups (broad SMARTS) is 1. The molecule has 0 bridgehead atoms. The summed E-state index contributed by atoms with van der Waals surface area (Å²) in [6, 6.07) is 17.3. The molecule has 23 N–H and O–H groups in total. The van der Waals surface area contributed by atoms with Crippen LogP contribution < -0.4 is 75.7 Å². The highest BCUT2D eigenvalue weighted by atomic mass is 16.4. The fraction of sp³-hybridized carbons (Fsp3) is 0.410. The maximum absolute atomic E-state index is 15.0. The molecule has 0 unspecified atom stereocenters. The monoisotopic (exact) mass is 1560 g/mol. The van der Waals surface area contributed by atoms with Crippen molar-refractivity contribution in [2.75, 3.05) is 32.8 Å². The number of aliphatic hydroxyl groups is 1. The number of hydrogen-bond donors (Lipinski definition) is 20. The lowest BCUT2D eigenvalue weighted by Gasteiger charge is -2.30. The molecule has 113 heavy (non-hydrogen) atoms. The van der Waals surface area contributed by atoms with Crippen LogP contribution in [-0.4, -0.2) is 217 Å². The van der Waals surface area contributed by atoms with E-state index >= 15 is 0 Å². The van der Waals surface area contributed by atoms with Gasteiger partial charge >= 0.3 is 5.97 Å². The van der Waals surface area contributed by atoms with Crippen LogP contribution in [0.25, 0.3) is 10.9 Å². The van der Waals surface area contributed by atoms with Gasteiger partial charge in [-0.05, 0) is 128 Å². The number of aromatic nitrogens is 1. The molecule has 0 radical (unpaired) electrons. The standard InChI is InChI=1S/C78H100N16O19/c1-4-43(2)67(93-74(109)59(34-45-13-6-5-7-14-45)90-72(107)60(37-49-39-82-55-16-9-8-15-53(49)55)91-76(111)63-18-12-32-94(63)78(113)54(80)33-46-19-25-50(96)26-20-46)77(112)92-62(42-95)75(110)88-57(35-47-21-27-51(97)28-22-47)70(105)84-40-64(99)83-41-65(100)85-44(3)69(104)87-61(38-66(101)102)73(108)89-58(36-48-23-29-52(98)30-24-48)71(106)86-56(68(81)103)17-10-11-31-79/h5-9,13-16,19-30,39,43-44,54,56-63,67,82,95-98H,4,10-12,17-18,31-38,40-42,79-80H2,1-3H3,(H2,81,103)(H,83,99)(H,84,105)(H,85,100)(H,86,106)(H,87,104)(H,88,110)(H,89,108)(H,90,107)(H,91,111)(H,92,112)(H,93,109)(H,101,102)/t43-,44-,54-,56-,57-,58-,59-,60-,61-,62-,63-,67-/m0/s1. The zero-order chi connectivity index (χ0) is 82.4. The Morgan fingerprint density at radius 2 is 0.991 bits per heavy atom. The first-order valence-electron chi connectivity index (χ1n) is 37.0. The van der Waals surface area contributed by atoms with E-state index in [2.05, 4.69) is 63.5 Å². The number of benzene rings is 5. The topological polar surface area (TPSA) is 570 Å². The number of rotatable bonds is 43. The van der Waals surface area contributed by atoms with Crippen molar-refractivity contribution in [3.8, 4) is 17.2 Å². The van der Waals surface area contributed by atoms with Crippen molar-refractivity contribution in [1.29, 1.82) is 0 Å². The van der Waals surface area contributed by atoms with Crippen LogP contribution in [-0.2, 0) is 99.2 Å². The zero-order valence-electron chi connectivity index (χ0n) is 62.8. The normalized spacial score (nSPS) is 15.4. The summed E-state index contributed by atoms with van der Waals surface area (Å²) in [4.78, 5) is 197. The van der Waals surface area contributed by atoms with Gasteiger partial charge in [0.25, 0.3) is 0 Å². The molecule has 7 rings (SSSR count). The maximum Gasteiger partial charge on any atom is 0.305 e. The Kier molecular flexibility index (Phi) is 33.5. The minimum atomic E-state index is -1.86. The number of primary amides is 1. The number of hydrogen-bond acceptors (Lipinski definition) is 20. The first-order chi connectivity index (χ1) is 53.9. The molecule has 13 amide bonds. The van der Waals surface area contributed by atoms with Gasteiger partial charge < -0.3 is 111 Å². The molecular formula is C78H100N16O19. The van der Waals surface area contributed by atoms with Gasteiger partial charge in [-0.15, -0.1) is 0 Å². The fourth-order valence-corrected chi connectivity index (χ4v) is 12.5. The first-order valence-corrected chi connectivity index (χ1v) is 37.0. The number of fused-ring (bicyclic) bond motifs is 1. The van der Waals surface area contributed by atoms with Gasteiger partial charge in [0.05, 0.1) is 32.2 Å². The highest BCUT2D eigenvalue weighted by Crippen LogP contribution is 2.24. The van der Waals surface area contributed by atoms with Crippen LogP contribution in [0, 0.1) is 5.92 Å². The summed E-state index contributed by atoms with van der Waals surface area (Å²) in [7, 11) is 0. The minimum Gasteiger partial charge on any atom is -0.508 e. The van der Waals surface area contributed by atoms with Crippen molar-refractivity contribution < 1.29 is 92.7 Å². The van der Waals surface area contributed by atoms with Gasteiger partial charge in [0.1, 0.15) is 77.7 Å². The molecule has 606 valence electrons. The number of nitrogens with one attached hydrogen (secondary N) is 12. The maximum atomic E-state index is 15.0. The summed E-state index contributed by atoms with van der Waals surface area (Å²) >= 11 is 0. The Balaban J connectivity index is 0.985. The zero-order valence-corrected chi connectivity index (χ0v) is 62.8. The number of H-pyrrole nitrogens is 1. The Morgan fingerprint density at radius 1 is 0.513 bits per heavy atom. The molecule has 1 aromatic heterocycles. The number of aromatic hydroxyl groups is 3. The van der Waals surface area contributed by atoms with E-state index in [1.807, 2.05) is 18.2 Å². The van der Waals surface area contributed by atoms with E-state index in [1.54, 1.807) is 68.6 Å². The minimum absolute atomic E-state index is 0.0323. The highest BCUT2D eigenvalue weighted by molar-refractivity contribution is 6.00. The first kappa shape index (κ1) is 87.7. The largest absolute Gasteiger partial charge is 0.508 e.